The van der Waals surface area contributed by atoms with Crippen LogP contribution in [-0.2, 0) is 11.0 Å². The molecule has 30 heavy (non-hydrogen) atoms. The number of alkyl halides is 3. The van der Waals surface area contributed by atoms with E-state index in [1.54, 1.807) is 6.07 Å². The minimum atomic E-state index is -4.61. The number of rotatable bonds is 3. The number of allylic oxidation sites excluding steroid dienone is 2. The molecule has 0 spiro atoms. The summed E-state index contributed by atoms with van der Waals surface area (Å²) in [6.45, 7) is 1.81. The van der Waals surface area contributed by atoms with E-state index in [2.05, 4.69) is 0 Å². The average molecular weight is 419 g/mol. The number of amides is 1. The standard InChI is InChI=1S/C22H24F3N3O2/c23-22(24,25)19-9-18(6-5-16(19)10-26)27-8-7-17-11-28(13-21(17,12-27)14-29)20(30)15-3-1-2-4-15/h1-2,5-6,9,15,17,29H,3-4,7-8,11-14H2/t17-,21+/m1/s1. The first-order valence-electron chi connectivity index (χ1n) is 10.2. The Hall–Kier alpha value is -2.53. The molecule has 5 nitrogen and oxygen atoms in total. The van der Waals surface area contributed by atoms with E-state index in [1.165, 1.54) is 12.1 Å². The molecular formula is C22H24F3N3O2. The zero-order valence-corrected chi connectivity index (χ0v) is 16.5. The Labute approximate surface area is 173 Å². The van der Waals surface area contributed by atoms with Crippen molar-refractivity contribution in [3.8, 4) is 6.07 Å². The summed E-state index contributed by atoms with van der Waals surface area (Å²) in [6.07, 6.45) is 1.58. The normalized spacial score (nSPS) is 26.7. The molecule has 2 saturated heterocycles. The van der Waals surface area contributed by atoms with Gasteiger partial charge in [-0.2, -0.15) is 18.4 Å². The summed E-state index contributed by atoms with van der Waals surface area (Å²) in [6, 6.07) is 5.36. The molecule has 2 fully saturated rings. The number of nitriles is 1. The zero-order valence-electron chi connectivity index (χ0n) is 16.5. The van der Waals surface area contributed by atoms with Crippen molar-refractivity contribution in [1.29, 1.82) is 5.26 Å². The van der Waals surface area contributed by atoms with E-state index in [9.17, 15) is 23.1 Å². The van der Waals surface area contributed by atoms with E-state index in [4.69, 9.17) is 5.26 Å². The highest BCUT2D eigenvalue weighted by Gasteiger charge is 2.51. The van der Waals surface area contributed by atoms with Gasteiger partial charge in [-0.1, -0.05) is 12.2 Å². The van der Waals surface area contributed by atoms with Gasteiger partial charge in [0.05, 0.1) is 23.8 Å². The van der Waals surface area contributed by atoms with Crippen molar-refractivity contribution in [1.82, 2.24) is 4.90 Å². The SMILES string of the molecule is N#Cc1ccc(N2CC[C@@H]3CN(C(=O)C4CC=CC4)C[C@]3(CO)C2)cc1C(F)(F)F. The minimum Gasteiger partial charge on any atom is -0.396 e. The average Bonchev–Trinajstić information content (AvgIpc) is 3.40. The second-order valence-corrected chi connectivity index (χ2v) is 8.63. The molecule has 1 aromatic carbocycles. The van der Waals surface area contributed by atoms with Crippen molar-refractivity contribution < 1.29 is 23.1 Å². The molecule has 3 aliphatic rings. The molecule has 4 rings (SSSR count). The molecule has 1 N–H and O–H groups in total. The number of carbonyl (C=O) groups excluding carboxylic acids is 1. The predicted molar refractivity (Wildman–Crippen MR) is 104 cm³/mol. The number of halogens is 3. The van der Waals surface area contributed by atoms with Crippen LogP contribution in [0, 0.1) is 28.6 Å². The van der Waals surface area contributed by atoms with E-state index in [1.807, 2.05) is 22.0 Å². The van der Waals surface area contributed by atoms with Gasteiger partial charge in [-0.15, -0.1) is 0 Å². The quantitative estimate of drug-likeness (QED) is 0.765. The van der Waals surface area contributed by atoms with Crippen LogP contribution < -0.4 is 4.90 Å². The highest BCUT2D eigenvalue weighted by atomic mass is 19.4. The number of anilines is 1. The monoisotopic (exact) mass is 419 g/mol. The lowest BCUT2D eigenvalue weighted by Crippen LogP contribution is -2.51. The van der Waals surface area contributed by atoms with Gasteiger partial charge in [0, 0.05) is 43.2 Å². The van der Waals surface area contributed by atoms with Gasteiger partial charge in [-0.05, 0) is 43.4 Å². The van der Waals surface area contributed by atoms with Crippen LogP contribution in [-0.4, -0.2) is 48.7 Å². The number of hydrogen-bond acceptors (Lipinski definition) is 4. The Morgan fingerprint density at radius 3 is 2.63 bits per heavy atom. The second-order valence-electron chi connectivity index (χ2n) is 8.63. The van der Waals surface area contributed by atoms with E-state index < -0.39 is 22.7 Å². The molecule has 160 valence electrons. The Morgan fingerprint density at radius 1 is 1.27 bits per heavy atom. The molecule has 0 bridgehead atoms. The fraction of sp³-hybridized carbons (Fsp3) is 0.545. The number of carbonyl (C=O) groups is 1. The number of piperidine rings is 1. The van der Waals surface area contributed by atoms with E-state index in [0.29, 0.717) is 38.3 Å². The van der Waals surface area contributed by atoms with Gasteiger partial charge in [-0.25, -0.2) is 0 Å². The molecule has 2 heterocycles. The molecule has 2 atom stereocenters. The molecule has 0 aromatic heterocycles. The zero-order chi connectivity index (χ0) is 21.5. The number of hydrogen-bond donors (Lipinski definition) is 1. The molecule has 0 unspecified atom stereocenters. The fourth-order valence-electron chi connectivity index (χ4n) is 5.14. The third-order valence-corrected chi connectivity index (χ3v) is 6.84. The minimum absolute atomic E-state index is 0.0372. The first-order chi connectivity index (χ1) is 14.3. The van der Waals surface area contributed by atoms with E-state index in [0.717, 1.165) is 18.9 Å². The Balaban J connectivity index is 1.56. The van der Waals surface area contributed by atoms with Crippen LogP contribution in [0.15, 0.2) is 30.4 Å². The first-order valence-corrected chi connectivity index (χ1v) is 10.2. The van der Waals surface area contributed by atoms with Crippen LogP contribution in [0.3, 0.4) is 0 Å². The highest BCUT2D eigenvalue weighted by molar-refractivity contribution is 5.80. The van der Waals surface area contributed by atoms with Crippen molar-refractivity contribution in [2.45, 2.75) is 25.4 Å². The van der Waals surface area contributed by atoms with Crippen molar-refractivity contribution in [2.75, 3.05) is 37.7 Å². The highest BCUT2D eigenvalue weighted by Crippen LogP contribution is 2.44. The van der Waals surface area contributed by atoms with Crippen LogP contribution in [0.2, 0.25) is 0 Å². The van der Waals surface area contributed by atoms with Gasteiger partial charge in [-0.3, -0.25) is 4.79 Å². The maximum Gasteiger partial charge on any atom is 0.417 e. The van der Waals surface area contributed by atoms with Gasteiger partial charge >= 0.3 is 6.18 Å². The molecule has 1 aromatic rings. The van der Waals surface area contributed by atoms with Crippen molar-refractivity contribution in [3.05, 3.63) is 41.5 Å². The van der Waals surface area contributed by atoms with Crippen molar-refractivity contribution in [3.63, 3.8) is 0 Å². The topological polar surface area (TPSA) is 67.6 Å². The van der Waals surface area contributed by atoms with Gasteiger partial charge in [0.25, 0.3) is 0 Å². The van der Waals surface area contributed by atoms with E-state index >= 15 is 0 Å². The Bertz CT molecular complexity index is 900. The van der Waals surface area contributed by atoms with Gasteiger partial charge in [0.2, 0.25) is 5.91 Å². The lowest BCUT2D eigenvalue weighted by molar-refractivity contribution is -0.138. The van der Waals surface area contributed by atoms with Crippen LogP contribution in [0.1, 0.15) is 30.4 Å². The van der Waals surface area contributed by atoms with Gasteiger partial charge in [0.15, 0.2) is 0 Å². The largest absolute Gasteiger partial charge is 0.417 e. The number of benzene rings is 1. The second kappa shape index (κ2) is 7.62. The van der Waals surface area contributed by atoms with Crippen LogP contribution >= 0.6 is 0 Å². The Kier molecular flexibility index (Phi) is 5.27. The van der Waals surface area contributed by atoms with Crippen molar-refractivity contribution >= 4 is 11.6 Å². The molecule has 1 aliphatic carbocycles. The van der Waals surface area contributed by atoms with Crippen LogP contribution in [0.25, 0.3) is 0 Å². The maximum atomic E-state index is 13.4. The van der Waals surface area contributed by atoms with Crippen LogP contribution in [0.5, 0.6) is 0 Å². The van der Waals surface area contributed by atoms with Gasteiger partial charge < -0.3 is 14.9 Å². The molecule has 1 amide bonds. The number of aliphatic hydroxyl groups is 1. The summed E-state index contributed by atoms with van der Waals surface area (Å²) < 4.78 is 40.1. The Morgan fingerprint density at radius 2 is 2.00 bits per heavy atom. The third-order valence-electron chi connectivity index (χ3n) is 6.84. The maximum absolute atomic E-state index is 13.4. The van der Waals surface area contributed by atoms with Crippen molar-refractivity contribution in [2.24, 2.45) is 17.3 Å². The number of fused-ring (bicyclic) bond motifs is 1. The summed E-state index contributed by atoms with van der Waals surface area (Å²) in [5, 5.41) is 19.3. The third kappa shape index (κ3) is 3.56. The summed E-state index contributed by atoms with van der Waals surface area (Å²) in [5.41, 5.74) is -1.51. The van der Waals surface area contributed by atoms with E-state index in [-0.39, 0.29) is 24.3 Å². The smallest absolute Gasteiger partial charge is 0.396 e. The molecular weight excluding hydrogens is 395 g/mol. The molecule has 2 aliphatic heterocycles. The molecule has 0 saturated carbocycles. The number of likely N-dealkylation sites (tertiary alicyclic amines) is 1. The summed E-state index contributed by atoms with van der Waals surface area (Å²) in [5.74, 6) is 0.189. The number of nitrogens with zero attached hydrogens (tertiary/aromatic N) is 3. The molecule has 0 radical (unpaired) electrons. The first kappa shape index (κ1) is 20.7. The fourth-order valence-corrected chi connectivity index (χ4v) is 5.14. The van der Waals surface area contributed by atoms with Gasteiger partial charge in [0.1, 0.15) is 0 Å². The summed E-state index contributed by atoms with van der Waals surface area (Å²) >= 11 is 0. The lowest BCUT2D eigenvalue weighted by atomic mass is 9.74. The molecule has 8 heteroatoms. The van der Waals surface area contributed by atoms with Crippen LogP contribution in [0.4, 0.5) is 18.9 Å². The summed E-state index contributed by atoms with van der Waals surface area (Å²) in [4.78, 5) is 16.5. The summed E-state index contributed by atoms with van der Waals surface area (Å²) in [7, 11) is 0. The lowest BCUT2D eigenvalue weighted by Gasteiger charge is -2.44. The number of aliphatic hydroxyl groups excluding tert-OH is 1. The predicted octanol–water partition coefficient (Wildman–Crippen LogP) is 3.19.